The molecule has 0 radical (unpaired) electrons. The van der Waals surface area contributed by atoms with Gasteiger partial charge in [-0.2, -0.15) is 0 Å². The van der Waals surface area contributed by atoms with E-state index in [9.17, 15) is 0 Å². The highest BCUT2D eigenvalue weighted by molar-refractivity contribution is 5.39. The van der Waals surface area contributed by atoms with E-state index in [1.807, 2.05) is 31.2 Å². The Morgan fingerprint density at radius 2 is 2.18 bits per heavy atom. The fourth-order valence-electron chi connectivity index (χ4n) is 1.94. The van der Waals surface area contributed by atoms with Crippen LogP contribution in [-0.2, 0) is 4.74 Å². The van der Waals surface area contributed by atoms with Gasteiger partial charge in [-0.15, -0.1) is 5.92 Å². The maximum atomic E-state index is 5.81. The largest absolute Gasteiger partial charge is 0.493 e. The Labute approximate surface area is 103 Å². The first-order valence-corrected chi connectivity index (χ1v) is 6.12. The van der Waals surface area contributed by atoms with Crippen molar-refractivity contribution in [2.45, 2.75) is 19.8 Å². The first-order valence-electron chi connectivity index (χ1n) is 6.12. The Hall–Kier alpha value is -1.46. The van der Waals surface area contributed by atoms with Crippen LogP contribution in [0, 0.1) is 17.8 Å². The zero-order chi connectivity index (χ0) is 11.9. The lowest BCUT2D eigenvalue weighted by Gasteiger charge is -2.22. The van der Waals surface area contributed by atoms with E-state index < -0.39 is 0 Å². The molecule has 0 aliphatic carbocycles. The van der Waals surface area contributed by atoms with Gasteiger partial charge in [-0.3, -0.25) is 0 Å². The average molecular weight is 230 g/mol. The summed E-state index contributed by atoms with van der Waals surface area (Å²) in [6.45, 7) is 4.37. The van der Waals surface area contributed by atoms with Crippen LogP contribution in [0.3, 0.4) is 0 Å². The van der Waals surface area contributed by atoms with Crippen molar-refractivity contribution in [3.63, 3.8) is 0 Å². The summed E-state index contributed by atoms with van der Waals surface area (Å²) in [4.78, 5) is 0. The Morgan fingerprint density at radius 1 is 1.35 bits per heavy atom. The van der Waals surface area contributed by atoms with E-state index in [2.05, 4.69) is 11.8 Å². The normalized spacial score (nSPS) is 16.1. The molecule has 1 aromatic carbocycles. The minimum Gasteiger partial charge on any atom is -0.493 e. The van der Waals surface area contributed by atoms with E-state index in [4.69, 9.17) is 9.47 Å². The third-order valence-corrected chi connectivity index (χ3v) is 2.93. The number of rotatable bonds is 3. The van der Waals surface area contributed by atoms with Crippen molar-refractivity contribution in [2.75, 3.05) is 19.8 Å². The van der Waals surface area contributed by atoms with E-state index >= 15 is 0 Å². The van der Waals surface area contributed by atoms with E-state index in [-0.39, 0.29) is 0 Å². The zero-order valence-corrected chi connectivity index (χ0v) is 10.2. The molecular formula is C15H18O2. The Bertz CT molecular complexity index is 408. The molecule has 2 rings (SSSR count). The zero-order valence-electron chi connectivity index (χ0n) is 10.2. The molecule has 0 aromatic heterocycles. The summed E-state index contributed by atoms with van der Waals surface area (Å²) < 4.78 is 11.1. The SMILES string of the molecule is CC#Cc1cccc(OCC2CCOCC2)c1. The van der Waals surface area contributed by atoms with Gasteiger partial charge in [-0.25, -0.2) is 0 Å². The molecule has 1 aliphatic rings. The van der Waals surface area contributed by atoms with Gasteiger partial charge in [0.1, 0.15) is 5.75 Å². The van der Waals surface area contributed by atoms with Gasteiger partial charge in [-0.05, 0) is 43.9 Å². The third-order valence-electron chi connectivity index (χ3n) is 2.93. The summed E-state index contributed by atoms with van der Waals surface area (Å²) in [5.41, 5.74) is 1.01. The molecule has 0 unspecified atom stereocenters. The number of ether oxygens (including phenoxy) is 2. The van der Waals surface area contributed by atoms with Crippen LogP contribution in [0.5, 0.6) is 5.75 Å². The molecule has 1 fully saturated rings. The topological polar surface area (TPSA) is 18.5 Å². The molecule has 17 heavy (non-hydrogen) atoms. The molecule has 1 saturated heterocycles. The quantitative estimate of drug-likeness (QED) is 0.743. The molecule has 1 aromatic rings. The van der Waals surface area contributed by atoms with Crippen molar-refractivity contribution in [1.29, 1.82) is 0 Å². The highest BCUT2D eigenvalue weighted by atomic mass is 16.5. The second kappa shape index (κ2) is 6.32. The minimum atomic E-state index is 0.629. The van der Waals surface area contributed by atoms with Crippen molar-refractivity contribution in [3.05, 3.63) is 29.8 Å². The number of hydrogen-bond donors (Lipinski definition) is 0. The van der Waals surface area contributed by atoms with Crippen molar-refractivity contribution in [2.24, 2.45) is 5.92 Å². The molecule has 0 amide bonds. The second-order valence-corrected chi connectivity index (χ2v) is 4.27. The maximum Gasteiger partial charge on any atom is 0.120 e. The molecule has 0 saturated carbocycles. The predicted molar refractivity (Wildman–Crippen MR) is 68.0 cm³/mol. The summed E-state index contributed by atoms with van der Waals surface area (Å²) in [5.74, 6) is 7.47. The van der Waals surface area contributed by atoms with Gasteiger partial charge in [0, 0.05) is 18.8 Å². The van der Waals surface area contributed by atoms with Crippen molar-refractivity contribution in [3.8, 4) is 17.6 Å². The van der Waals surface area contributed by atoms with Gasteiger partial charge in [0.15, 0.2) is 0 Å². The lowest BCUT2D eigenvalue weighted by Crippen LogP contribution is -2.21. The standard InChI is InChI=1S/C15H18O2/c1-2-4-13-5-3-6-15(11-13)17-12-14-7-9-16-10-8-14/h3,5-6,11,14H,7-10,12H2,1H3. The van der Waals surface area contributed by atoms with Crippen LogP contribution in [-0.4, -0.2) is 19.8 Å². The molecule has 2 heteroatoms. The van der Waals surface area contributed by atoms with E-state index in [0.717, 1.165) is 44.0 Å². The summed E-state index contributed by atoms with van der Waals surface area (Å²) >= 11 is 0. The monoisotopic (exact) mass is 230 g/mol. The van der Waals surface area contributed by atoms with Crippen LogP contribution < -0.4 is 4.74 Å². The summed E-state index contributed by atoms with van der Waals surface area (Å²) in [6.07, 6.45) is 2.21. The van der Waals surface area contributed by atoms with Crippen LogP contribution in [0.25, 0.3) is 0 Å². The molecule has 0 N–H and O–H groups in total. The van der Waals surface area contributed by atoms with E-state index in [1.54, 1.807) is 0 Å². The molecule has 90 valence electrons. The number of benzene rings is 1. The Morgan fingerprint density at radius 3 is 2.94 bits per heavy atom. The summed E-state index contributed by atoms with van der Waals surface area (Å²) in [5, 5.41) is 0. The van der Waals surface area contributed by atoms with Gasteiger partial charge < -0.3 is 9.47 Å². The van der Waals surface area contributed by atoms with Gasteiger partial charge in [-0.1, -0.05) is 12.0 Å². The molecule has 1 aliphatic heterocycles. The van der Waals surface area contributed by atoms with Crippen LogP contribution in [0.4, 0.5) is 0 Å². The smallest absolute Gasteiger partial charge is 0.120 e. The molecule has 2 nitrogen and oxygen atoms in total. The minimum absolute atomic E-state index is 0.629. The van der Waals surface area contributed by atoms with Gasteiger partial charge in [0.05, 0.1) is 6.61 Å². The lowest BCUT2D eigenvalue weighted by molar-refractivity contribution is 0.0497. The fraction of sp³-hybridized carbons (Fsp3) is 0.467. The first kappa shape index (κ1) is 12.0. The van der Waals surface area contributed by atoms with Crippen molar-refractivity contribution < 1.29 is 9.47 Å². The molecule has 0 spiro atoms. The fourth-order valence-corrected chi connectivity index (χ4v) is 1.94. The van der Waals surface area contributed by atoms with Crippen molar-refractivity contribution in [1.82, 2.24) is 0 Å². The Balaban J connectivity index is 1.88. The van der Waals surface area contributed by atoms with Crippen LogP contribution >= 0.6 is 0 Å². The highest BCUT2D eigenvalue weighted by Crippen LogP contribution is 2.18. The van der Waals surface area contributed by atoms with Gasteiger partial charge >= 0.3 is 0 Å². The van der Waals surface area contributed by atoms with Crippen molar-refractivity contribution >= 4 is 0 Å². The molecule has 0 atom stereocenters. The maximum absolute atomic E-state index is 5.81. The van der Waals surface area contributed by atoms with E-state index in [1.165, 1.54) is 0 Å². The average Bonchev–Trinajstić information content (AvgIpc) is 2.39. The summed E-state index contributed by atoms with van der Waals surface area (Å²) in [6, 6.07) is 7.97. The number of hydrogen-bond acceptors (Lipinski definition) is 2. The molecule has 0 bridgehead atoms. The molecule has 1 heterocycles. The highest BCUT2D eigenvalue weighted by Gasteiger charge is 2.14. The lowest BCUT2D eigenvalue weighted by atomic mass is 10.0. The molecular weight excluding hydrogens is 212 g/mol. The van der Waals surface area contributed by atoms with Gasteiger partial charge in [0.25, 0.3) is 0 Å². The van der Waals surface area contributed by atoms with Gasteiger partial charge in [0.2, 0.25) is 0 Å². The van der Waals surface area contributed by atoms with E-state index in [0.29, 0.717) is 5.92 Å². The first-order chi connectivity index (χ1) is 8.38. The van der Waals surface area contributed by atoms with Crippen LogP contribution in [0.15, 0.2) is 24.3 Å². The second-order valence-electron chi connectivity index (χ2n) is 4.27. The summed E-state index contributed by atoms with van der Waals surface area (Å²) in [7, 11) is 0. The van der Waals surface area contributed by atoms with Crippen LogP contribution in [0.2, 0.25) is 0 Å². The predicted octanol–water partition coefficient (Wildman–Crippen LogP) is 2.86. The third kappa shape index (κ3) is 3.80. The van der Waals surface area contributed by atoms with Crippen LogP contribution in [0.1, 0.15) is 25.3 Å². The Kier molecular flexibility index (Phi) is 4.46.